The van der Waals surface area contributed by atoms with Crippen molar-refractivity contribution >= 4 is 34.6 Å². The van der Waals surface area contributed by atoms with Crippen LogP contribution in [0.2, 0.25) is 0 Å². The first kappa shape index (κ1) is 18.7. The lowest BCUT2D eigenvalue weighted by atomic mass is 10.2. The molecule has 3 heterocycles. The number of pyridine rings is 1. The van der Waals surface area contributed by atoms with E-state index in [0.29, 0.717) is 13.2 Å². The van der Waals surface area contributed by atoms with Crippen LogP contribution in [-0.2, 0) is 11.2 Å². The fourth-order valence-corrected chi connectivity index (χ4v) is 4.08. The third-order valence-corrected chi connectivity index (χ3v) is 5.60. The van der Waals surface area contributed by atoms with Crippen LogP contribution in [0.15, 0.2) is 58.8 Å². The Kier molecular flexibility index (Phi) is 5.43. The summed E-state index contributed by atoms with van der Waals surface area (Å²) >= 11 is 1.61. The third kappa shape index (κ3) is 3.54. The Bertz CT molecular complexity index is 967. The number of nitrogens with zero attached hydrogens (tertiary/aromatic N) is 5. The van der Waals surface area contributed by atoms with E-state index in [2.05, 4.69) is 38.1 Å². The number of aromatic nitrogens is 3. The van der Waals surface area contributed by atoms with Crippen LogP contribution in [0.4, 0.5) is 22.9 Å². The first-order valence-electron chi connectivity index (χ1n) is 8.90. The van der Waals surface area contributed by atoms with Crippen LogP contribution in [0.3, 0.4) is 0 Å². The van der Waals surface area contributed by atoms with Gasteiger partial charge in [-0.3, -0.25) is 9.88 Å². The van der Waals surface area contributed by atoms with E-state index in [-0.39, 0.29) is 6.61 Å². The molecule has 28 heavy (non-hydrogen) atoms. The van der Waals surface area contributed by atoms with Gasteiger partial charge in [-0.1, -0.05) is 11.8 Å². The normalized spacial score (nSPS) is 12.5. The number of ether oxygens (including phenoxy) is 1. The van der Waals surface area contributed by atoms with Crippen molar-refractivity contribution in [3.63, 3.8) is 0 Å². The zero-order valence-corrected chi connectivity index (χ0v) is 16.6. The first-order chi connectivity index (χ1) is 13.7. The number of aliphatic hydroxyl groups is 1. The molecule has 1 aliphatic rings. The van der Waals surface area contributed by atoms with Crippen molar-refractivity contribution in [3.05, 3.63) is 54.6 Å². The van der Waals surface area contributed by atoms with E-state index in [1.54, 1.807) is 31.3 Å². The summed E-state index contributed by atoms with van der Waals surface area (Å²) in [7, 11) is 3.68. The van der Waals surface area contributed by atoms with E-state index >= 15 is 0 Å². The molecule has 1 aromatic carbocycles. The summed E-state index contributed by atoms with van der Waals surface area (Å²) in [6.07, 6.45) is 5.79. The highest BCUT2D eigenvalue weighted by atomic mass is 32.2. The molecule has 0 saturated carbocycles. The van der Waals surface area contributed by atoms with E-state index in [1.807, 2.05) is 30.3 Å². The molecule has 0 amide bonds. The zero-order chi connectivity index (χ0) is 19.5. The molecule has 0 bridgehead atoms. The second-order valence-corrected chi connectivity index (χ2v) is 7.36. The lowest BCUT2D eigenvalue weighted by molar-refractivity contribution is 0.205. The maximum absolute atomic E-state index is 9.05. The molecule has 0 spiro atoms. The summed E-state index contributed by atoms with van der Waals surface area (Å²) in [5, 5.41) is 9.92. The molecule has 3 aromatic rings. The molecular weight excluding hydrogens is 374 g/mol. The van der Waals surface area contributed by atoms with Gasteiger partial charge in [-0.15, -0.1) is 0 Å². The van der Waals surface area contributed by atoms with Gasteiger partial charge >= 0.3 is 0 Å². The second-order valence-electron chi connectivity index (χ2n) is 6.33. The quantitative estimate of drug-likeness (QED) is 0.681. The van der Waals surface area contributed by atoms with Crippen molar-refractivity contribution in [2.24, 2.45) is 0 Å². The molecule has 7 nitrogen and oxygen atoms in total. The minimum atomic E-state index is 0.102. The molecule has 0 radical (unpaired) electrons. The zero-order valence-electron chi connectivity index (χ0n) is 15.7. The average molecular weight is 395 g/mol. The average Bonchev–Trinajstić information content (AvgIpc) is 2.74. The smallest absolute Gasteiger partial charge is 0.168 e. The standard InChI is InChI=1S/C20H21N5O2S/c1-24(16-4-3-14(7-10-26)23-12-16)15-5-6-18-17(11-15)25(13-27-2)19-20(28-18)22-9-8-21-19/h3-6,8-9,11-12,26H,7,10,13H2,1-2H3. The molecule has 0 atom stereocenters. The number of benzene rings is 1. The minimum Gasteiger partial charge on any atom is -0.396 e. The maximum atomic E-state index is 9.05. The fraction of sp³-hybridized carbons (Fsp3) is 0.250. The van der Waals surface area contributed by atoms with Crippen LogP contribution in [0, 0.1) is 0 Å². The molecule has 0 unspecified atom stereocenters. The van der Waals surface area contributed by atoms with Gasteiger partial charge in [-0.25, -0.2) is 9.97 Å². The second kappa shape index (κ2) is 8.14. The Balaban J connectivity index is 1.67. The van der Waals surface area contributed by atoms with Gasteiger partial charge < -0.3 is 14.7 Å². The minimum absolute atomic E-state index is 0.102. The molecular formula is C20H21N5O2S. The number of methoxy groups -OCH3 is 1. The molecule has 1 N–H and O–H groups in total. The molecule has 4 rings (SSSR count). The SMILES string of the molecule is COCN1c2cc(N(C)c3ccc(CCO)nc3)ccc2Sc2nccnc21. The highest BCUT2D eigenvalue weighted by Crippen LogP contribution is 2.47. The Hall–Kier alpha value is -2.68. The lowest BCUT2D eigenvalue weighted by Gasteiger charge is -2.31. The van der Waals surface area contributed by atoms with Crippen LogP contribution in [-0.4, -0.2) is 47.6 Å². The maximum Gasteiger partial charge on any atom is 0.168 e. The number of anilines is 4. The van der Waals surface area contributed by atoms with Gasteiger partial charge in [0, 0.05) is 55.9 Å². The highest BCUT2D eigenvalue weighted by Gasteiger charge is 2.26. The predicted molar refractivity (Wildman–Crippen MR) is 110 cm³/mol. The number of hydrogen-bond donors (Lipinski definition) is 1. The summed E-state index contributed by atoms with van der Waals surface area (Å²) < 4.78 is 5.42. The molecule has 0 aliphatic carbocycles. The number of hydrogen-bond acceptors (Lipinski definition) is 8. The summed E-state index contributed by atoms with van der Waals surface area (Å²) in [6.45, 7) is 0.494. The van der Waals surface area contributed by atoms with Crippen molar-refractivity contribution in [2.45, 2.75) is 16.3 Å². The molecule has 0 saturated heterocycles. The van der Waals surface area contributed by atoms with Crippen molar-refractivity contribution < 1.29 is 9.84 Å². The van der Waals surface area contributed by atoms with Gasteiger partial charge in [0.05, 0.1) is 17.6 Å². The van der Waals surface area contributed by atoms with Gasteiger partial charge in [0.15, 0.2) is 5.82 Å². The van der Waals surface area contributed by atoms with Gasteiger partial charge in [-0.2, -0.15) is 0 Å². The monoisotopic (exact) mass is 395 g/mol. The third-order valence-electron chi connectivity index (χ3n) is 4.55. The van der Waals surface area contributed by atoms with Gasteiger partial charge in [0.25, 0.3) is 0 Å². The van der Waals surface area contributed by atoms with E-state index in [1.165, 1.54) is 0 Å². The van der Waals surface area contributed by atoms with Gasteiger partial charge in [-0.05, 0) is 30.3 Å². The number of rotatable bonds is 6. The topological polar surface area (TPSA) is 74.6 Å². The Morgan fingerprint density at radius 2 is 1.93 bits per heavy atom. The van der Waals surface area contributed by atoms with Crippen LogP contribution >= 0.6 is 11.8 Å². The van der Waals surface area contributed by atoms with E-state index in [9.17, 15) is 0 Å². The van der Waals surface area contributed by atoms with Crippen LogP contribution in [0.1, 0.15) is 5.69 Å². The molecule has 0 fully saturated rings. The summed E-state index contributed by atoms with van der Waals surface area (Å²) in [4.78, 5) is 18.6. The van der Waals surface area contributed by atoms with Crippen molar-refractivity contribution in [3.8, 4) is 0 Å². The summed E-state index contributed by atoms with van der Waals surface area (Å²) in [5.74, 6) is 0.802. The van der Waals surface area contributed by atoms with Crippen LogP contribution in [0.5, 0.6) is 0 Å². The van der Waals surface area contributed by atoms with Crippen LogP contribution < -0.4 is 9.80 Å². The molecule has 144 valence electrons. The van der Waals surface area contributed by atoms with Crippen molar-refractivity contribution in [2.75, 3.05) is 37.3 Å². The Morgan fingerprint density at radius 1 is 1.11 bits per heavy atom. The molecule has 8 heteroatoms. The van der Waals surface area contributed by atoms with E-state index < -0.39 is 0 Å². The van der Waals surface area contributed by atoms with Crippen molar-refractivity contribution in [1.29, 1.82) is 0 Å². The van der Waals surface area contributed by atoms with Crippen molar-refractivity contribution in [1.82, 2.24) is 15.0 Å². The lowest BCUT2D eigenvalue weighted by Crippen LogP contribution is -2.25. The van der Waals surface area contributed by atoms with Gasteiger partial charge in [0.2, 0.25) is 0 Å². The van der Waals surface area contributed by atoms with E-state index in [4.69, 9.17) is 9.84 Å². The largest absolute Gasteiger partial charge is 0.396 e. The summed E-state index contributed by atoms with van der Waals surface area (Å²) in [6, 6.07) is 10.3. The Morgan fingerprint density at radius 3 is 2.68 bits per heavy atom. The fourth-order valence-electron chi connectivity index (χ4n) is 3.09. The first-order valence-corrected chi connectivity index (χ1v) is 9.72. The number of fused-ring (bicyclic) bond motifs is 2. The number of aliphatic hydroxyl groups excluding tert-OH is 1. The van der Waals surface area contributed by atoms with Crippen LogP contribution in [0.25, 0.3) is 0 Å². The molecule has 1 aliphatic heterocycles. The predicted octanol–water partition coefficient (Wildman–Crippen LogP) is 3.38. The van der Waals surface area contributed by atoms with Gasteiger partial charge in [0.1, 0.15) is 11.8 Å². The summed E-state index contributed by atoms with van der Waals surface area (Å²) in [5.41, 5.74) is 3.92. The van der Waals surface area contributed by atoms with E-state index in [0.717, 1.165) is 38.5 Å². The highest BCUT2D eigenvalue weighted by molar-refractivity contribution is 7.99. The Labute approximate surface area is 168 Å². The molecule has 2 aromatic heterocycles.